The second-order valence-electron chi connectivity index (χ2n) is 3.33. The normalized spacial score (nSPS) is 26.8. The monoisotopic (exact) mass is 198 g/mol. The number of carboxylic acids is 1. The van der Waals surface area contributed by atoms with E-state index < -0.39 is 5.97 Å². The van der Waals surface area contributed by atoms with E-state index in [4.69, 9.17) is 10.8 Å². The first kappa shape index (κ1) is 10.7. The topological polar surface area (TPSA) is 92.4 Å². The van der Waals surface area contributed by atoms with Crippen LogP contribution in [0.3, 0.4) is 0 Å². The van der Waals surface area contributed by atoms with Crippen LogP contribution in [0, 0.1) is 5.92 Å². The third kappa shape index (κ3) is 2.85. The van der Waals surface area contributed by atoms with Gasteiger partial charge >= 0.3 is 5.97 Å². The van der Waals surface area contributed by atoms with Crippen molar-refractivity contribution < 1.29 is 14.7 Å². The molecule has 0 aromatic rings. The molecule has 2 atom stereocenters. The van der Waals surface area contributed by atoms with Crippen LogP contribution in [0.15, 0.2) is 12.2 Å². The van der Waals surface area contributed by atoms with E-state index in [0.29, 0.717) is 19.4 Å². The summed E-state index contributed by atoms with van der Waals surface area (Å²) < 4.78 is 0. The molecule has 0 spiro atoms. The molecule has 78 valence electrons. The molecule has 1 saturated heterocycles. The van der Waals surface area contributed by atoms with E-state index in [-0.39, 0.29) is 17.9 Å². The van der Waals surface area contributed by atoms with Crippen molar-refractivity contribution in [2.75, 3.05) is 6.54 Å². The van der Waals surface area contributed by atoms with Crippen LogP contribution in [-0.4, -0.2) is 29.6 Å². The quantitative estimate of drug-likeness (QED) is 0.530. The Kier molecular flexibility index (Phi) is 3.64. The maximum Gasteiger partial charge on any atom is 0.327 e. The number of carbonyl (C=O) groups excluding carboxylic acids is 1. The van der Waals surface area contributed by atoms with Crippen molar-refractivity contribution in [2.45, 2.75) is 18.9 Å². The lowest BCUT2D eigenvalue weighted by molar-refractivity contribution is -0.131. The van der Waals surface area contributed by atoms with Crippen LogP contribution in [0.25, 0.3) is 0 Å². The minimum atomic E-state index is -0.967. The predicted octanol–water partition coefficient (Wildman–Crippen LogP) is -0.519. The zero-order chi connectivity index (χ0) is 10.6. The zero-order valence-corrected chi connectivity index (χ0v) is 7.77. The molecule has 4 N–H and O–H groups in total. The second kappa shape index (κ2) is 4.76. The highest BCUT2D eigenvalue weighted by molar-refractivity contribution is 5.82. The zero-order valence-electron chi connectivity index (χ0n) is 7.77. The molecule has 5 nitrogen and oxygen atoms in total. The Hall–Kier alpha value is -1.36. The fourth-order valence-electron chi connectivity index (χ4n) is 1.49. The van der Waals surface area contributed by atoms with Crippen LogP contribution in [0.1, 0.15) is 12.8 Å². The minimum absolute atomic E-state index is 0.0266. The molecule has 0 saturated carbocycles. The maximum atomic E-state index is 11.2. The molecule has 0 aliphatic carbocycles. The van der Waals surface area contributed by atoms with Crippen molar-refractivity contribution in [1.82, 2.24) is 5.32 Å². The average Bonchev–Trinajstić information content (AvgIpc) is 2.42. The number of nitrogens with one attached hydrogen (secondary N) is 1. The molecule has 14 heavy (non-hydrogen) atoms. The summed E-state index contributed by atoms with van der Waals surface area (Å²) >= 11 is 0. The lowest BCUT2D eigenvalue weighted by Crippen LogP contribution is -2.29. The molecule has 1 aliphatic rings. The summed E-state index contributed by atoms with van der Waals surface area (Å²) in [5.41, 5.74) is 5.69. The van der Waals surface area contributed by atoms with Crippen molar-refractivity contribution >= 4 is 11.9 Å². The minimum Gasteiger partial charge on any atom is -0.478 e. The number of hydrogen-bond acceptors (Lipinski definition) is 3. The van der Waals surface area contributed by atoms with E-state index in [1.807, 2.05) is 0 Å². The van der Waals surface area contributed by atoms with Gasteiger partial charge in [0.15, 0.2) is 0 Å². The summed E-state index contributed by atoms with van der Waals surface area (Å²) in [5, 5.41) is 11.0. The lowest BCUT2D eigenvalue weighted by Gasteiger charge is -2.09. The van der Waals surface area contributed by atoms with Gasteiger partial charge in [0.25, 0.3) is 0 Å². The molecule has 5 heteroatoms. The first-order chi connectivity index (χ1) is 6.61. The van der Waals surface area contributed by atoms with Crippen molar-refractivity contribution in [2.24, 2.45) is 11.7 Å². The van der Waals surface area contributed by atoms with Crippen LogP contribution < -0.4 is 11.1 Å². The van der Waals surface area contributed by atoms with Crippen LogP contribution in [0.2, 0.25) is 0 Å². The smallest absolute Gasteiger partial charge is 0.327 e. The summed E-state index contributed by atoms with van der Waals surface area (Å²) in [7, 11) is 0. The first-order valence-electron chi connectivity index (χ1n) is 4.54. The molecule has 1 amide bonds. The third-order valence-corrected chi connectivity index (χ3v) is 2.27. The molecule has 1 aliphatic heterocycles. The van der Waals surface area contributed by atoms with Gasteiger partial charge < -0.3 is 16.2 Å². The average molecular weight is 198 g/mol. The summed E-state index contributed by atoms with van der Waals surface area (Å²) in [5.74, 6) is -1.17. The Morgan fingerprint density at radius 1 is 1.71 bits per heavy atom. The van der Waals surface area contributed by atoms with Crippen LogP contribution in [-0.2, 0) is 9.59 Å². The van der Waals surface area contributed by atoms with Gasteiger partial charge in [0.2, 0.25) is 5.91 Å². The van der Waals surface area contributed by atoms with Gasteiger partial charge in [0, 0.05) is 18.7 Å². The van der Waals surface area contributed by atoms with Gasteiger partial charge in [-0.3, -0.25) is 4.79 Å². The number of aliphatic carboxylic acids is 1. The van der Waals surface area contributed by atoms with Gasteiger partial charge in [-0.2, -0.15) is 0 Å². The first-order valence-corrected chi connectivity index (χ1v) is 4.54. The highest BCUT2D eigenvalue weighted by atomic mass is 16.4. The number of hydrogen-bond donors (Lipinski definition) is 3. The van der Waals surface area contributed by atoms with Gasteiger partial charge in [-0.25, -0.2) is 4.79 Å². The van der Waals surface area contributed by atoms with Crippen molar-refractivity contribution in [1.29, 1.82) is 0 Å². The summed E-state index contributed by atoms with van der Waals surface area (Å²) in [4.78, 5) is 21.3. The summed E-state index contributed by atoms with van der Waals surface area (Å²) in [6.07, 6.45) is 3.80. The van der Waals surface area contributed by atoms with Crippen LogP contribution in [0.4, 0.5) is 0 Å². The van der Waals surface area contributed by atoms with E-state index >= 15 is 0 Å². The van der Waals surface area contributed by atoms with E-state index in [1.165, 1.54) is 0 Å². The maximum absolute atomic E-state index is 11.2. The molecule has 0 bridgehead atoms. The highest BCUT2D eigenvalue weighted by Crippen LogP contribution is 2.15. The fraction of sp³-hybridized carbons (Fsp3) is 0.556. The predicted molar refractivity (Wildman–Crippen MR) is 50.5 cm³/mol. The van der Waals surface area contributed by atoms with E-state index in [2.05, 4.69) is 5.32 Å². The van der Waals surface area contributed by atoms with Crippen LogP contribution in [0.5, 0.6) is 0 Å². The number of nitrogens with two attached hydrogens (primary N) is 1. The van der Waals surface area contributed by atoms with Gasteiger partial charge in [-0.1, -0.05) is 6.08 Å². The second-order valence-corrected chi connectivity index (χ2v) is 3.33. The molecule has 1 unspecified atom stereocenters. The van der Waals surface area contributed by atoms with Gasteiger partial charge in [0.05, 0.1) is 5.92 Å². The molecular formula is C9H14N2O3. The Morgan fingerprint density at radius 3 is 2.93 bits per heavy atom. The van der Waals surface area contributed by atoms with E-state index in [9.17, 15) is 9.59 Å². The largest absolute Gasteiger partial charge is 0.478 e. The molecule has 1 fully saturated rings. The third-order valence-electron chi connectivity index (χ3n) is 2.27. The summed E-state index contributed by atoms with van der Waals surface area (Å²) in [6, 6.07) is -0.138. The van der Waals surface area contributed by atoms with Crippen molar-refractivity contribution in [3.8, 4) is 0 Å². The number of rotatable bonds is 4. The summed E-state index contributed by atoms with van der Waals surface area (Å²) in [6.45, 7) is 0.520. The lowest BCUT2D eigenvalue weighted by atomic mass is 9.98. The van der Waals surface area contributed by atoms with Crippen molar-refractivity contribution in [3.63, 3.8) is 0 Å². The number of amides is 1. The van der Waals surface area contributed by atoms with Gasteiger partial charge in [-0.05, 0) is 12.8 Å². The molecule has 0 aromatic heterocycles. The molecule has 0 aromatic carbocycles. The molecular weight excluding hydrogens is 184 g/mol. The number of carboxylic acid groups (broad SMARTS) is 1. The van der Waals surface area contributed by atoms with Gasteiger partial charge in [-0.15, -0.1) is 0 Å². The Morgan fingerprint density at radius 2 is 2.43 bits per heavy atom. The van der Waals surface area contributed by atoms with E-state index in [1.54, 1.807) is 6.08 Å². The number of allylic oxidation sites excluding steroid dienone is 1. The van der Waals surface area contributed by atoms with Gasteiger partial charge in [0.1, 0.15) is 0 Å². The SMILES string of the molecule is N[C@@H]1CNC(=O)C1CCC=CC(=O)O. The highest BCUT2D eigenvalue weighted by Gasteiger charge is 2.30. The fourth-order valence-corrected chi connectivity index (χ4v) is 1.49. The molecule has 1 rings (SSSR count). The van der Waals surface area contributed by atoms with E-state index in [0.717, 1.165) is 6.08 Å². The standard InChI is InChI=1S/C9H14N2O3/c10-7-5-11-9(14)6(7)3-1-2-4-8(12)13/h2,4,6-7H,1,3,5,10H2,(H,11,14)(H,12,13)/t6?,7-/m1/s1. The molecule has 0 radical (unpaired) electrons. The Labute approximate surface area is 82.0 Å². The molecule has 1 heterocycles. The number of carbonyl (C=O) groups is 2. The Balaban J connectivity index is 2.30. The Bertz CT molecular complexity index is 263. The van der Waals surface area contributed by atoms with Crippen LogP contribution >= 0.6 is 0 Å². The van der Waals surface area contributed by atoms with Crippen molar-refractivity contribution in [3.05, 3.63) is 12.2 Å².